The second kappa shape index (κ2) is 6.67. The standard InChI is InChI=1S/C18H14N6O2/c25-17(16-11-20-14-7-3-4-8-15(14)21-16)19-9-10-24-18(26)12-5-1-2-6-13(12)22-23-24/h1-8,11H,9-10H2,(H,19,25). The fourth-order valence-electron chi connectivity index (χ4n) is 2.60. The molecule has 1 amide bonds. The van der Waals surface area contributed by atoms with E-state index < -0.39 is 0 Å². The third-order valence-electron chi connectivity index (χ3n) is 3.92. The zero-order valence-corrected chi connectivity index (χ0v) is 13.7. The summed E-state index contributed by atoms with van der Waals surface area (Å²) >= 11 is 0. The minimum absolute atomic E-state index is 0.212. The molecule has 0 atom stereocenters. The number of carbonyl (C=O) groups is 1. The molecule has 1 N–H and O–H groups in total. The summed E-state index contributed by atoms with van der Waals surface area (Å²) < 4.78 is 1.23. The number of fused-ring (bicyclic) bond motifs is 2. The average Bonchev–Trinajstić information content (AvgIpc) is 2.69. The van der Waals surface area contributed by atoms with Gasteiger partial charge in [-0.1, -0.05) is 29.5 Å². The molecule has 8 nitrogen and oxygen atoms in total. The van der Waals surface area contributed by atoms with Crippen LogP contribution in [0.2, 0.25) is 0 Å². The van der Waals surface area contributed by atoms with Crippen molar-refractivity contribution in [1.82, 2.24) is 30.3 Å². The lowest BCUT2D eigenvalue weighted by atomic mass is 10.2. The molecule has 0 spiro atoms. The Hall–Kier alpha value is -3.68. The molecule has 26 heavy (non-hydrogen) atoms. The molecule has 2 aromatic heterocycles. The highest BCUT2D eigenvalue weighted by Crippen LogP contribution is 2.08. The van der Waals surface area contributed by atoms with Gasteiger partial charge in [0.1, 0.15) is 11.2 Å². The van der Waals surface area contributed by atoms with Crippen LogP contribution in [0.4, 0.5) is 0 Å². The van der Waals surface area contributed by atoms with Crippen molar-refractivity contribution in [2.75, 3.05) is 6.54 Å². The topological polar surface area (TPSA) is 103 Å². The Bertz CT molecular complexity index is 1170. The molecule has 2 heterocycles. The third kappa shape index (κ3) is 3.00. The van der Waals surface area contributed by atoms with Gasteiger partial charge in [0.05, 0.1) is 29.2 Å². The molecule has 4 rings (SSSR count). The van der Waals surface area contributed by atoms with Crippen LogP contribution in [0.3, 0.4) is 0 Å². The Morgan fingerprint density at radius 2 is 1.73 bits per heavy atom. The Morgan fingerprint density at radius 1 is 1.00 bits per heavy atom. The number of benzene rings is 2. The van der Waals surface area contributed by atoms with Gasteiger partial charge in [-0.15, -0.1) is 5.10 Å². The molecule has 0 aliphatic carbocycles. The molecule has 0 aliphatic heterocycles. The maximum absolute atomic E-state index is 12.3. The molecule has 0 saturated heterocycles. The summed E-state index contributed by atoms with van der Waals surface area (Å²) in [5.74, 6) is -0.356. The Balaban J connectivity index is 1.46. The van der Waals surface area contributed by atoms with Crippen molar-refractivity contribution in [1.29, 1.82) is 0 Å². The molecule has 0 bridgehead atoms. The average molecular weight is 346 g/mol. The maximum Gasteiger partial charge on any atom is 0.277 e. The molecular formula is C18H14N6O2. The minimum Gasteiger partial charge on any atom is -0.349 e. The molecular weight excluding hydrogens is 332 g/mol. The van der Waals surface area contributed by atoms with Crippen LogP contribution < -0.4 is 10.9 Å². The van der Waals surface area contributed by atoms with Crippen molar-refractivity contribution >= 4 is 27.8 Å². The number of nitrogens with zero attached hydrogens (tertiary/aromatic N) is 5. The van der Waals surface area contributed by atoms with Gasteiger partial charge in [-0.05, 0) is 24.3 Å². The zero-order chi connectivity index (χ0) is 17.9. The lowest BCUT2D eigenvalue weighted by Gasteiger charge is -2.07. The van der Waals surface area contributed by atoms with Gasteiger partial charge in [0, 0.05) is 6.54 Å². The number of aromatic nitrogens is 5. The number of hydrogen-bond acceptors (Lipinski definition) is 6. The van der Waals surface area contributed by atoms with E-state index in [0.717, 1.165) is 5.52 Å². The molecule has 8 heteroatoms. The first kappa shape index (κ1) is 15.8. The van der Waals surface area contributed by atoms with Crippen LogP contribution in [0.1, 0.15) is 10.5 Å². The van der Waals surface area contributed by atoms with Crippen LogP contribution in [-0.2, 0) is 6.54 Å². The first-order valence-corrected chi connectivity index (χ1v) is 8.05. The summed E-state index contributed by atoms with van der Waals surface area (Å²) in [6.07, 6.45) is 1.43. The van der Waals surface area contributed by atoms with E-state index in [1.165, 1.54) is 10.9 Å². The highest BCUT2D eigenvalue weighted by atomic mass is 16.2. The molecule has 128 valence electrons. The second-order valence-electron chi connectivity index (χ2n) is 5.63. The van der Waals surface area contributed by atoms with Crippen molar-refractivity contribution in [2.24, 2.45) is 0 Å². The predicted octanol–water partition coefficient (Wildman–Crippen LogP) is 1.16. The van der Waals surface area contributed by atoms with Crippen molar-refractivity contribution in [3.63, 3.8) is 0 Å². The van der Waals surface area contributed by atoms with Crippen LogP contribution in [-0.4, -0.2) is 37.4 Å². The first-order chi connectivity index (χ1) is 12.7. The van der Waals surface area contributed by atoms with E-state index in [0.29, 0.717) is 16.4 Å². The fraction of sp³-hybridized carbons (Fsp3) is 0.111. The Kier molecular flexibility index (Phi) is 4.06. The minimum atomic E-state index is -0.356. The van der Waals surface area contributed by atoms with E-state index in [1.807, 2.05) is 18.2 Å². The van der Waals surface area contributed by atoms with Crippen molar-refractivity contribution < 1.29 is 4.79 Å². The lowest BCUT2D eigenvalue weighted by molar-refractivity contribution is 0.0946. The van der Waals surface area contributed by atoms with E-state index in [9.17, 15) is 9.59 Å². The summed E-state index contributed by atoms with van der Waals surface area (Å²) in [6, 6.07) is 14.3. The van der Waals surface area contributed by atoms with Gasteiger partial charge in [-0.3, -0.25) is 14.6 Å². The monoisotopic (exact) mass is 346 g/mol. The summed E-state index contributed by atoms with van der Waals surface area (Å²) in [4.78, 5) is 33.1. The number of rotatable bonds is 4. The largest absolute Gasteiger partial charge is 0.349 e. The predicted molar refractivity (Wildman–Crippen MR) is 95.7 cm³/mol. The molecule has 0 radical (unpaired) electrons. The van der Waals surface area contributed by atoms with Crippen LogP contribution >= 0.6 is 0 Å². The number of nitrogens with one attached hydrogen (secondary N) is 1. The molecule has 0 aliphatic rings. The summed E-state index contributed by atoms with van der Waals surface area (Å²) in [7, 11) is 0. The van der Waals surface area contributed by atoms with Crippen LogP contribution in [0.5, 0.6) is 0 Å². The molecule has 0 fully saturated rings. The number of amides is 1. The van der Waals surface area contributed by atoms with Gasteiger partial charge in [0.25, 0.3) is 11.5 Å². The number of para-hydroxylation sites is 2. The van der Waals surface area contributed by atoms with Crippen LogP contribution in [0.25, 0.3) is 21.9 Å². The fourth-order valence-corrected chi connectivity index (χ4v) is 2.60. The van der Waals surface area contributed by atoms with E-state index >= 15 is 0 Å². The Morgan fingerprint density at radius 3 is 2.58 bits per heavy atom. The molecule has 2 aromatic carbocycles. The van der Waals surface area contributed by atoms with Crippen molar-refractivity contribution in [2.45, 2.75) is 6.54 Å². The van der Waals surface area contributed by atoms with Crippen LogP contribution in [0.15, 0.2) is 59.5 Å². The van der Waals surface area contributed by atoms with Gasteiger partial charge in [-0.25, -0.2) is 9.67 Å². The summed E-state index contributed by atoms with van der Waals surface area (Å²) in [5.41, 5.74) is 1.90. The maximum atomic E-state index is 12.3. The highest BCUT2D eigenvalue weighted by Gasteiger charge is 2.10. The summed E-state index contributed by atoms with van der Waals surface area (Å²) in [5, 5.41) is 11.1. The first-order valence-electron chi connectivity index (χ1n) is 8.05. The number of hydrogen-bond donors (Lipinski definition) is 1. The highest BCUT2D eigenvalue weighted by molar-refractivity contribution is 5.93. The zero-order valence-electron chi connectivity index (χ0n) is 13.7. The van der Waals surface area contributed by atoms with E-state index in [2.05, 4.69) is 25.6 Å². The van der Waals surface area contributed by atoms with Crippen LogP contribution in [0, 0.1) is 0 Å². The number of carbonyl (C=O) groups excluding carboxylic acids is 1. The smallest absolute Gasteiger partial charge is 0.277 e. The second-order valence-corrected chi connectivity index (χ2v) is 5.63. The quantitative estimate of drug-likeness (QED) is 0.595. The summed E-state index contributed by atoms with van der Waals surface area (Å²) in [6.45, 7) is 0.434. The van der Waals surface area contributed by atoms with Gasteiger partial charge in [-0.2, -0.15) is 0 Å². The lowest BCUT2D eigenvalue weighted by Crippen LogP contribution is -2.33. The van der Waals surface area contributed by atoms with E-state index in [1.54, 1.807) is 30.3 Å². The molecule has 0 unspecified atom stereocenters. The normalized spacial score (nSPS) is 10.9. The van der Waals surface area contributed by atoms with Crippen molar-refractivity contribution in [3.05, 3.63) is 70.8 Å². The van der Waals surface area contributed by atoms with Gasteiger partial charge >= 0.3 is 0 Å². The Labute approximate surface area is 147 Å². The molecule has 4 aromatic rings. The SMILES string of the molecule is O=C(NCCn1nnc2ccccc2c1=O)c1cnc2ccccc2n1. The van der Waals surface area contributed by atoms with Crippen molar-refractivity contribution in [3.8, 4) is 0 Å². The van der Waals surface area contributed by atoms with E-state index in [4.69, 9.17) is 0 Å². The van der Waals surface area contributed by atoms with Gasteiger partial charge in [0.15, 0.2) is 0 Å². The third-order valence-corrected chi connectivity index (χ3v) is 3.92. The van der Waals surface area contributed by atoms with E-state index in [-0.39, 0.29) is 30.2 Å². The van der Waals surface area contributed by atoms with Gasteiger partial charge in [0.2, 0.25) is 0 Å². The molecule has 0 saturated carbocycles. The van der Waals surface area contributed by atoms with Gasteiger partial charge < -0.3 is 5.32 Å².